The van der Waals surface area contributed by atoms with Gasteiger partial charge in [0.05, 0.1) is 13.2 Å². The van der Waals surface area contributed by atoms with Gasteiger partial charge in [0.1, 0.15) is 17.9 Å². The van der Waals surface area contributed by atoms with Gasteiger partial charge in [-0.1, -0.05) is 18.2 Å². The number of nitrogens with two attached hydrogens (primary N) is 2. The zero-order chi connectivity index (χ0) is 13.7. The van der Waals surface area contributed by atoms with Gasteiger partial charge in [-0.25, -0.2) is 0 Å². The van der Waals surface area contributed by atoms with E-state index in [1.165, 1.54) is 0 Å². The quantitative estimate of drug-likeness (QED) is 0.676. The van der Waals surface area contributed by atoms with Crippen molar-refractivity contribution in [3.05, 3.63) is 30.3 Å². The molecular formula is C14H20N2O3. The van der Waals surface area contributed by atoms with Crippen LogP contribution in [0, 0.1) is 5.92 Å². The molecule has 1 fully saturated rings. The minimum Gasteiger partial charge on any atom is -0.491 e. The minimum atomic E-state index is -1.02. The molecule has 1 unspecified atom stereocenters. The van der Waals surface area contributed by atoms with Crippen LogP contribution in [0.4, 0.5) is 0 Å². The molecule has 1 atom stereocenters. The molecule has 1 aromatic rings. The van der Waals surface area contributed by atoms with E-state index >= 15 is 0 Å². The first-order valence-electron chi connectivity index (χ1n) is 6.47. The Labute approximate surface area is 112 Å². The smallest absolute Gasteiger partial charge is 0.240 e. The number of rotatable bonds is 8. The molecule has 0 spiro atoms. The number of para-hydroxylation sites is 1. The van der Waals surface area contributed by atoms with Crippen molar-refractivity contribution in [1.82, 2.24) is 0 Å². The van der Waals surface area contributed by atoms with Gasteiger partial charge in [-0.3, -0.25) is 4.79 Å². The average Bonchev–Trinajstić information content (AvgIpc) is 3.23. The lowest BCUT2D eigenvalue weighted by molar-refractivity contribution is -0.126. The molecule has 1 amide bonds. The molecule has 104 valence electrons. The van der Waals surface area contributed by atoms with Gasteiger partial charge in [0.15, 0.2) is 0 Å². The van der Waals surface area contributed by atoms with Crippen molar-refractivity contribution in [2.45, 2.75) is 18.4 Å². The van der Waals surface area contributed by atoms with Crippen molar-refractivity contribution in [2.24, 2.45) is 17.4 Å². The van der Waals surface area contributed by atoms with Crippen LogP contribution in [-0.2, 0) is 9.53 Å². The number of ether oxygens (including phenoxy) is 2. The highest BCUT2D eigenvalue weighted by molar-refractivity contribution is 5.85. The van der Waals surface area contributed by atoms with Gasteiger partial charge in [0.25, 0.3) is 0 Å². The molecule has 0 aromatic heterocycles. The van der Waals surface area contributed by atoms with E-state index in [-0.39, 0.29) is 12.5 Å². The number of carbonyl (C=O) groups is 1. The summed E-state index contributed by atoms with van der Waals surface area (Å²) in [4.78, 5) is 11.4. The maximum atomic E-state index is 11.4. The van der Waals surface area contributed by atoms with E-state index in [0.717, 1.165) is 18.6 Å². The zero-order valence-corrected chi connectivity index (χ0v) is 10.9. The van der Waals surface area contributed by atoms with Crippen molar-refractivity contribution in [2.75, 3.05) is 19.8 Å². The van der Waals surface area contributed by atoms with Crippen molar-refractivity contribution in [1.29, 1.82) is 0 Å². The molecule has 1 aliphatic carbocycles. The second kappa shape index (κ2) is 6.04. The van der Waals surface area contributed by atoms with Gasteiger partial charge in [-0.05, 0) is 30.9 Å². The van der Waals surface area contributed by atoms with Crippen LogP contribution in [0.5, 0.6) is 5.75 Å². The first-order valence-corrected chi connectivity index (χ1v) is 6.47. The number of primary amides is 1. The maximum absolute atomic E-state index is 11.4. The van der Waals surface area contributed by atoms with Gasteiger partial charge in [-0.2, -0.15) is 0 Å². The summed E-state index contributed by atoms with van der Waals surface area (Å²) in [5.41, 5.74) is 10.3. The van der Waals surface area contributed by atoms with Crippen molar-refractivity contribution in [3.63, 3.8) is 0 Å². The van der Waals surface area contributed by atoms with E-state index in [1.54, 1.807) is 0 Å². The van der Waals surface area contributed by atoms with Crippen LogP contribution >= 0.6 is 0 Å². The van der Waals surface area contributed by atoms with Gasteiger partial charge < -0.3 is 20.9 Å². The summed E-state index contributed by atoms with van der Waals surface area (Å²) < 4.78 is 10.9. The fraction of sp³-hybridized carbons (Fsp3) is 0.500. The largest absolute Gasteiger partial charge is 0.491 e. The fourth-order valence-corrected chi connectivity index (χ4v) is 1.96. The zero-order valence-electron chi connectivity index (χ0n) is 10.9. The van der Waals surface area contributed by atoms with E-state index in [4.69, 9.17) is 20.9 Å². The molecule has 19 heavy (non-hydrogen) atoms. The second-order valence-corrected chi connectivity index (χ2v) is 4.89. The van der Waals surface area contributed by atoms with E-state index in [0.29, 0.717) is 13.2 Å². The van der Waals surface area contributed by atoms with Gasteiger partial charge in [0, 0.05) is 0 Å². The number of amides is 1. The van der Waals surface area contributed by atoms with Crippen molar-refractivity contribution in [3.8, 4) is 5.75 Å². The monoisotopic (exact) mass is 264 g/mol. The summed E-state index contributed by atoms with van der Waals surface area (Å²) in [6.07, 6.45) is 1.90. The highest BCUT2D eigenvalue weighted by atomic mass is 16.5. The molecule has 1 aromatic carbocycles. The Morgan fingerprint density at radius 1 is 1.26 bits per heavy atom. The number of carbonyl (C=O) groups excluding carboxylic acids is 1. The van der Waals surface area contributed by atoms with E-state index < -0.39 is 11.4 Å². The van der Waals surface area contributed by atoms with Crippen LogP contribution in [0.25, 0.3) is 0 Å². The van der Waals surface area contributed by atoms with Gasteiger partial charge in [0.2, 0.25) is 5.91 Å². The summed E-state index contributed by atoms with van der Waals surface area (Å²) >= 11 is 0. The number of benzene rings is 1. The molecular weight excluding hydrogens is 244 g/mol. The Morgan fingerprint density at radius 2 is 1.95 bits per heavy atom. The third-order valence-corrected chi connectivity index (χ3v) is 3.35. The normalized spacial score (nSPS) is 17.7. The highest BCUT2D eigenvalue weighted by Crippen LogP contribution is 2.38. The van der Waals surface area contributed by atoms with Crippen LogP contribution in [0.15, 0.2) is 30.3 Å². The Kier molecular flexibility index (Phi) is 4.39. The summed E-state index contributed by atoms with van der Waals surface area (Å²) in [6, 6.07) is 9.48. The topological polar surface area (TPSA) is 87.6 Å². The lowest BCUT2D eigenvalue weighted by Crippen LogP contribution is -2.57. The molecule has 1 saturated carbocycles. The highest BCUT2D eigenvalue weighted by Gasteiger charge is 2.47. The molecule has 5 nitrogen and oxygen atoms in total. The Hall–Kier alpha value is -1.59. The first kappa shape index (κ1) is 13.8. The molecule has 5 heteroatoms. The molecule has 0 saturated heterocycles. The van der Waals surface area contributed by atoms with Gasteiger partial charge >= 0.3 is 0 Å². The molecule has 0 radical (unpaired) electrons. The number of hydrogen-bond donors (Lipinski definition) is 2. The first-order chi connectivity index (χ1) is 9.13. The summed E-state index contributed by atoms with van der Waals surface area (Å²) in [6.45, 7) is 0.961. The summed E-state index contributed by atoms with van der Waals surface area (Å²) in [7, 11) is 0. The molecule has 2 rings (SSSR count). The van der Waals surface area contributed by atoms with Crippen LogP contribution in [-0.4, -0.2) is 31.3 Å². The molecule has 1 aliphatic rings. The minimum absolute atomic E-state index is 0.158. The fourth-order valence-electron chi connectivity index (χ4n) is 1.96. The molecule has 0 heterocycles. The Morgan fingerprint density at radius 3 is 2.53 bits per heavy atom. The second-order valence-electron chi connectivity index (χ2n) is 4.89. The van der Waals surface area contributed by atoms with Crippen LogP contribution in [0.2, 0.25) is 0 Å². The number of hydrogen-bond acceptors (Lipinski definition) is 4. The summed E-state index contributed by atoms with van der Waals surface area (Å²) in [5, 5.41) is 0. The molecule has 0 aliphatic heterocycles. The summed E-state index contributed by atoms with van der Waals surface area (Å²) in [5.74, 6) is 0.473. The van der Waals surface area contributed by atoms with Crippen LogP contribution in [0.1, 0.15) is 12.8 Å². The maximum Gasteiger partial charge on any atom is 0.240 e. The van der Waals surface area contributed by atoms with Crippen molar-refractivity contribution < 1.29 is 14.3 Å². The SMILES string of the molecule is NC(=O)C(N)(COCCOc1ccccc1)C1CC1. The Bertz CT molecular complexity index is 420. The Balaban J connectivity index is 1.67. The van der Waals surface area contributed by atoms with Crippen LogP contribution < -0.4 is 16.2 Å². The third kappa shape index (κ3) is 3.68. The lowest BCUT2D eigenvalue weighted by Gasteiger charge is -2.25. The molecule has 4 N–H and O–H groups in total. The lowest BCUT2D eigenvalue weighted by atomic mass is 9.95. The molecule has 0 bridgehead atoms. The van der Waals surface area contributed by atoms with Crippen LogP contribution in [0.3, 0.4) is 0 Å². The average molecular weight is 264 g/mol. The van der Waals surface area contributed by atoms with Crippen molar-refractivity contribution >= 4 is 5.91 Å². The third-order valence-electron chi connectivity index (χ3n) is 3.35. The predicted octanol–water partition coefficient (Wildman–Crippen LogP) is 0.675. The van der Waals surface area contributed by atoms with E-state index in [1.807, 2.05) is 30.3 Å². The van der Waals surface area contributed by atoms with E-state index in [2.05, 4.69) is 0 Å². The van der Waals surface area contributed by atoms with Gasteiger partial charge in [-0.15, -0.1) is 0 Å². The predicted molar refractivity (Wildman–Crippen MR) is 71.6 cm³/mol. The van der Waals surface area contributed by atoms with E-state index in [9.17, 15) is 4.79 Å². The standard InChI is InChI=1S/C14H20N2O3/c15-13(17)14(16,11-6-7-11)10-18-8-9-19-12-4-2-1-3-5-12/h1-5,11H,6-10,16H2,(H2,15,17).